The van der Waals surface area contributed by atoms with E-state index in [0.717, 1.165) is 45.6 Å². The lowest BCUT2D eigenvalue weighted by Gasteiger charge is -2.42. The molecule has 1 saturated heterocycles. The summed E-state index contributed by atoms with van der Waals surface area (Å²) in [6, 6.07) is 3.13. The number of ether oxygens (including phenoxy) is 1. The number of nitrogens with one attached hydrogen (secondary N) is 1. The largest absolute Gasteiger partial charge is 0.378 e. The predicted molar refractivity (Wildman–Crippen MR) is 80.5 cm³/mol. The fourth-order valence-corrected chi connectivity index (χ4v) is 3.01. The molecule has 1 aliphatic carbocycles. The molecule has 1 aliphatic heterocycles. The van der Waals surface area contributed by atoms with Crippen LogP contribution in [0.15, 0.2) is 0 Å². The van der Waals surface area contributed by atoms with E-state index < -0.39 is 0 Å². The number of nitriles is 1. The lowest BCUT2D eigenvalue weighted by molar-refractivity contribution is -0.0517. The number of nitrogens with zero attached hydrogens (tertiary/aromatic N) is 2. The van der Waals surface area contributed by atoms with Gasteiger partial charge in [-0.2, -0.15) is 5.26 Å². The van der Waals surface area contributed by atoms with Crippen LogP contribution in [0.4, 0.5) is 0 Å². The molecule has 114 valence electrons. The second-order valence-corrected chi connectivity index (χ2v) is 6.92. The van der Waals surface area contributed by atoms with Crippen LogP contribution in [0.5, 0.6) is 0 Å². The molecule has 1 saturated carbocycles. The second-order valence-electron chi connectivity index (χ2n) is 6.92. The van der Waals surface area contributed by atoms with Crippen LogP contribution in [0.25, 0.3) is 0 Å². The Kier molecular flexibility index (Phi) is 5.06. The molecular formula is C16H29N3O. The van der Waals surface area contributed by atoms with Crippen LogP contribution in [0.2, 0.25) is 0 Å². The highest BCUT2D eigenvalue weighted by atomic mass is 16.5. The summed E-state index contributed by atoms with van der Waals surface area (Å²) in [5.74, 6) is 0. The molecule has 4 nitrogen and oxygen atoms in total. The SMILES string of the molecule is CCC(C#N)(CCCN1CCOCC1(C)C)NC1CC1. The lowest BCUT2D eigenvalue weighted by atomic mass is 9.91. The summed E-state index contributed by atoms with van der Waals surface area (Å²) >= 11 is 0. The van der Waals surface area contributed by atoms with Gasteiger partial charge in [0.2, 0.25) is 0 Å². The molecule has 1 heterocycles. The number of hydrogen-bond acceptors (Lipinski definition) is 4. The van der Waals surface area contributed by atoms with Gasteiger partial charge in [-0.1, -0.05) is 6.92 Å². The Balaban J connectivity index is 1.82. The van der Waals surface area contributed by atoms with Gasteiger partial charge in [-0.05, 0) is 52.5 Å². The van der Waals surface area contributed by atoms with Crippen LogP contribution in [-0.2, 0) is 4.74 Å². The molecule has 2 rings (SSSR count). The minimum atomic E-state index is -0.308. The molecule has 1 atom stereocenters. The van der Waals surface area contributed by atoms with Crippen LogP contribution in [0.1, 0.15) is 52.9 Å². The molecule has 0 aromatic carbocycles. The average Bonchev–Trinajstić information content (AvgIpc) is 3.23. The van der Waals surface area contributed by atoms with E-state index in [1.165, 1.54) is 12.8 Å². The number of hydrogen-bond donors (Lipinski definition) is 1. The van der Waals surface area contributed by atoms with Crippen molar-refractivity contribution >= 4 is 0 Å². The first-order valence-electron chi connectivity index (χ1n) is 8.03. The molecule has 0 aromatic rings. The molecule has 2 fully saturated rings. The van der Waals surface area contributed by atoms with E-state index in [9.17, 15) is 5.26 Å². The van der Waals surface area contributed by atoms with Gasteiger partial charge in [0, 0.05) is 18.1 Å². The quantitative estimate of drug-likeness (QED) is 0.777. The van der Waals surface area contributed by atoms with Gasteiger partial charge in [0.15, 0.2) is 0 Å². The van der Waals surface area contributed by atoms with Crippen molar-refractivity contribution in [3.8, 4) is 6.07 Å². The third-order valence-electron chi connectivity index (χ3n) is 4.72. The fraction of sp³-hybridized carbons (Fsp3) is 0.938. The van der Waals surface area contributed by atoms with Crippen LogP contribution >= 0.6 is 0 Å². The summed E-state index contributed by atoms with van der Waals surface area (Å²) in [6.07, 6.45) is 5.39. The van der Waals surface area contributed by atoms with Gasteiger partial charge in [0.05, 0.1) is 19.3 Å². The summed E-state index contributed by atoms with van der Waals surface area (Å²) in [7, 11) is 0. The molecule has 0 aromatic heterocycles. The maximum Gasteiger partial charge on any atom is 0.106 e. The van der Waals surface area contributed by atoms with Gasteiger partial charge in [0.1, 0.15) is 5.54 Å². The average molecular weight is 279 g/mol. The third kappa shape index (κ3) is 3.94. The molecule has 0 spiro atoms. The molecule has 1 N–H and O–H groups in total. The summed E-state index contributed by atoms with van der Waals surface area (Å²) in [5.41, 5.74) is -0.179. The monoisotopic (exact) mass is 279 g/mol. The summed E-state index contributed by atoms with van der Waals surface area (Å²) in [6.45, 7) is 10.3. The first-order chi connectivity index (χ1) is 9.51. The molecule has 4 heteroatoms. The van der Waals surface area contributed by atoms with Gasteiger partial charge in [-0.15, -0.1) is 0 Å². The highest BCUT2D eigenvalue weighted by Gasteiger charge is 2.35. The van der Waals surface area contributed by atoms with Gasteiger partial charge < -0.3 is 4.74 Å². The van der Waals surface area contributed by atoms with E-state index in [-0.39, 0.29) is 11.1 Å². The molecule has 0 radical (unpaired) electrons. The Morgan fingerprint density at radius 1 is 1.45 bits per heavy atom. The Morgan fingerprint density at radius 2 is 2.20 bits per heavy atom. The van der Waals surface area contributed by atoms with E-state index in [4.69, 9.17) is 4.74 Å². The summed E-state index contributed by atoms with van der Waals surface area (Å²) in [5, 5.41) is 13.1. The topological polar surface area (TPSA) is 48.3 Å². The van der Waals surface area contributed by atoms with Crippen LogP contribution < -0.4 is 5.32 Å². The highest BCUT2D eigenvalue weighted by molar-refractivity contribution is 5.09. The van der Waals surface area contributed by atoms with Gasteiger partial charge in [-0.3, -0.25) is 10.2 Å². The van der Waals surface area contributed by atoms with E-state index in [2.05, 4.69) is 37.1 Å². The van der Waals surface area contributed by atoms with Crippen LogP contribution in [0, 0.1) is 11.3 Å². The standard InChI is InChI=1S/C16H29N3O/c1-4-16(12-17,18-14-6-7-14)8-5-9-19-10-11-20-13-15(19,2)3/h14,18H,4-11,13H2,1-3H3. The predicted octanol–water partition coefficient (Wildman–Crippen LogP) is 2.30. The molecule has 0 bridgehead atoms. The Hall–Kier alpha value is -0.630. The molecule has 1 unspecified atom stereocenters. The van der Waals surface area contributed by atoms with E-state index in [1.807, 2.05) is 0 Å². The van der Waals surface area contributed by atoms with Crippen molar-refractivity contribution in [2.24, 2.45) is 0 Å². The van der Waals surface area contributed by atoms with Crippen LogP contribution in [0.3, 0.4) is 0 Å². The smallest absolute Gasteiger partial charge is 0.106 e. The Morgan fingerprint density at radius 3 is 2.75 bits per heavy atom. The zero-order chi connectivity index (χ0) is 14.6. The first kappa shape index (κ1) is 15.8. The molecule has 2 aliphatic rings. The van der Waals surface area contributed by atoms with Gasteiger partial charge >= 0.3 is 0 Å². The van der Waals surface area contributed by atoms with Crippen molar-refractivity contribution in [2.45, 2.75) is 70.0 Å². The van der Waals surface area contributed by atoms with Crippen molar-refractivity contribution in [2.75, 3.05) is 26.3 Å². The first-order valence-corrected chi connectivity index (χ1v) is 8.03. The molecular weight excluding hydrogens is 250 g/mol. The Bertz CT molecular complexity index is 359. The summed E-state index contributed by atoms with van der Waals surface area (Å²) in [4.78, 5) is 2.51. The number of rotatable bonds is 7. The van der Waals surface area contributed by atoms with Crippen molar-refractivity contribution in [1.29, 1.82) is 5.26 Å². The summed E-state index contributed by atoms with van der Waals surface area (Å²) < 4.78 is 5.56. The van der Waals surface area contributed by atoms with Crippen molar-refractivity contribution in [3.63, 3.8) is 0 Å². The molecule has 0 amide bonds. The molecule has 20 heavy (non-hydrogen) atoms. The third-order valence-corrected chi connectivity index (χ3v) is 4.72. The zero-order valence-corrected chi connectivity index (χ0v) is 13.2. The zero-order valence-electron chi connectivity index (χ0n) is 13.2. The minimum absolute atomic E-state index is 0.129. The van der Waals surface area contributed by atoms with E-state index in [0.29, 0.717) is 6.04 Å². The van der Waals surface area contributed by atoms with Crippen molar-refractivity contribution in [1.82, 2.24) is 10.2 Å². The maximum absolute atomic E-state index is 9.55. The van der Waals surface area contributed by atoms with E-state index >= 15 is 0 Å². The van der Waals surface area contributed by atoms with E-state index in [1.54, 1.807) is 0 Å². The van der Waals surface area contributed by atoms with Crippen molar-refractivity contribution in [3.05, 3.63) is 0 Å². The second kappa shape index (κ2) is 6.43. The van der Waals surface area contributed by atoms with Crippen LogP contribution in [-0.4, -0.2) is 48.3 Å². The van der Waals surface area contributed by atoms with Gasteiger partial charge in [-0.25, -0.2) is 0 Å². The highest BCUT2D eigenvalue weighted by Crippen LogP contribution is 2.27. The number of morpholine rings is 1. The maximum atomic E-state index is 9.55. The normalized spacial score (nSPS) is 25.9. The fourth-order valence-electron chi connectivity index (χ4n) is 3.01. The van der Waals surface area contributed by atoms with Crippen molar-refractivity contribution < 1.29 is 4.74 Å². The Labute approximate surface area is 123 Å². The van der Waals surface area contributed by atoms with Gasteiger partial charge in [0.25, 0.3) is 0 Å². The minimum Gasteiger partial charge on any atom is -0.378 e. The lowest BCUT2D eigenvalue weighted by Crippen LogP contribution is -2.53.